The molecule has 2 aromatic carbocycles. The minimum atomic E-state index is -5.08. The summed E-state index contributed by atoms with van der Waals surface area (Å²) < 4.78 is 64.5. The van der Waals surface area contributed by atoms with Gasteiger partial charge in [-0.2, -0.15) is 26.3 Å². The number of hydrogen-bond donors (Lipinski definition) is 4. The van der Waals surface area contributed by atoms with Crippen LogP contribution in [0.5, 0.6) is 0 Å². The molecule has 1 aliphatic rings. The molecule has 42 heavy (non-hydrogen) atoms. The fraction of sp³-hybridized carbons (Fsp3) is 0.308. The number of aliphatic carboxylic acids is 2. The lowest BCUT2D eigenvalue weighted by molar-refractivity contribution is -0.193. The number of nitrogens with one attached hydrogen (secondary N) is 1. The topological polar surface area (TPSA) is 146 Å². The van der Waals surface area contributed by atoms with Gasteiger partial charge in [0.05, 0.1) is 0 Å². The van der Waals surface area contributed by atoms with Crippen LogP contribution < -0.4 is 11.1 Å². The molecule has 0 aliphatic carbocycles. The number of pyridine rings is 1. The standard InChI is InChI=1S/C22H23BrN4O.2C2HF3O2/c23-18-4-1-15(2-5-18)21(24)22(28)27-11-8-19(9-12-27)26-20-6-3-17-14-25-10-7-16(17)13-20;2*3-2(4,5)1(6)7/h1-7,10,13-14,19,21,26H,8-9,11-12,24H2;2*(H,6,7). The van der Waals surface area contributed by atoms with Crippen molar-refractivity contribution in [2.75, 3.05) is 18.4 Å². The van der Waals surface area contributed by atoms with Crippen LogP contribution in [0.15, 0.2) is 65.4 Å². The average molecular weight is 667 g/mol. The number of carbonyl (C=O) groups excluding carboxylic acids is 1. The maximum Gasteiger partial charge on any atom is 0.490 e. The summed E-state index contributed by atoms with van der Waals surface area (Å²) in [7, 11) is 0. The van der Waals surface area contributed by atoms with Crippen molar-refractivity contribution in [2.24, 2.45) is 5.73 Å². The Balaban J connectivity index is 0.000000367. The zero-order valence-electron chi connectivity index (χ0n) is 21.5. The molecule has 4 rings (SSSR count). The molecule has 228 valence electrons. The Morgan fingerprint density at radius 3 is 1.93 bits per heavy atom. The largest absolute Gasteiger partial charge is 0.490 e. The number of carbonyl (C=O) groups is 3. The minimum absolute atomic E-state index is 0.000947. The third kappa shape index (κ3) is 10.8. The first-order valence-corrected chi connectivity index (χ1v) is 12.8. The van der Waals surface area contributed by atoms with Crippen molar-refractivity contribution in [1.82, 2.24) is 9.88 Å². The summed E-state index contributed by atoms with van der Waals surface area (Å²) in [5.41, 5.74) is 8.16. The fourth-order valence-electron chi connectivity index (χ4n) is 3.66. The predicted octanol–water partition coefficient (Wildman–Crippen LogP) is 5.37. The van der Waals surface area contributed by atoms with E-state index in [4.69, 9.17) is 25.5 Å². The highest BCUT2D eigenvalue weighted by molar-refractivity contribution is 9.10. The van der Waals surface area contributed by atoms with E-state index in [2.05, 4.69) is 44.4 Å². The van der Waals surface area contributed by atoms with Gasteiger partial charge in [-0.15, -0.1) is 0 Å². The number of benzene rings is 2. The van der Waals surface area contributed by atoms with E-state index in [0.29, 0.717) is 6.04 Å². The summed E-state index contributed by atoms with van der Waals surface area (Å²) in [6, 6.07) is 15.7. The van der Waals surface area contributed by atoms with Crippen LogP contribution in [-0.4, -0.2) is 69.4 Å². The number of fused-ring (bicyclic) bond motifs is 1. The quantitative estimate of drug-likeness (QED) is 0.272. The van der Waals surface area contributed by atoms with E-state index in [1.54, 1.807) is 0 Å². The number of likely N-dealkylation sites (tertiary alicyclic amines) is 1. The highest BCUT2D eigenvalue weighted by atomic mass is 79.9. The summed E-state index contributed by atoms with van der Waals surface area (Å²) in [6.45, 7) is 1.44. The number of nitrogens with zero attached hydrogens (tertiary/aromatic N) is 2. The van der Waals surface area contributed by atoms with Gasteiger partial charge in [-0.05, 0) is 54.1 Å². The molecule has 3 aromatic rings. The maximum atomic E-state index is 12.8. The first-order valence-electron chi connectivity index (χ1n) is 12.0. The molecule has 1 unspecified atom stereocenters. The van der Waals surface area contributed by atoms with E-state index in [0.717, 1.165) is 47.0 Å². The monoisotopic (exact) mass is 666 g/mol. The maximum absolute atomic E-state index is 12.8. The molecule has 9 nitrogen and oxygen atoms in total. The number of piperidine rings is 1. The Kier molecular flexibility index (Phi) is 12.1. The molecule has 1 aliphatic heterocycles. The molecule has 1 fully saturated rings. The number of rotatable bonds is 4. The van der Waals surface area contributed by atoms with Crippen molar-refractivity contribution in [3.05, 3.63) is 71.0 Å². The van der Waals surface area contributed by atoms with Gasteiger partial charge in [0.25, 0.3) is 0 Å². The predicted molar refractivity (Wildman–Crippen MR) is 143 cm³/mol. The Labute approximate surface area is 243 Å². The van der Waals surface area contributed by atoms with Crippen molar-refractivity contribution in [2.45, 2.75) is 37.3 Å². The van der Waals surface area contributed by atoms with Gasteiger partial charge in [0.15, 0.2) is 0 Å². The molecular formula is C26H25BrF6N4O5. The van der Waals surface area contributed by atoms with Gasteiger partial charge in [0.2, 0.25) is 5.91 Å². The molecule has 1 amide bonds. The lowest BCUT2D eigenvalue weighted by Gasteiger charge is -2.34. The van der Waals surface area contributed by atoms with Crippen LogP contribution in [0, 0.1) is 0 Å². The lowest BCUT2D eigenvalue weighted by Crippen LogP contribution is -2.45. The van der Waals surface area contributed by atoms with E-state index < -0.39 is 30.3 Å². The SMILES string of the molecule is NC(C(=O)N1CCC(Nc2ccc3cnccc3c2)CC1)c1ccc(Br)cc1.O=C(O)C(F)(F)F.O=C(O)C(F)(F)F. The summed E-state index contributed by atoms with van der Waals surface area (Å²) in [5.74, 6) is -5.51. The van der Waals surface area contributed by atoms with Gasteiger partial charge in [0.1, 0.15) is 6.04 Å². The summed E-state index contributed by atoms with van der Waals surface area (Å²) >= 11 is 3.41. The number of aromatic nitrogens is 1. The van der Waals surface area contributed by atoms with Crippen molar-refractivity contribution >= 4 is 50.2 Å². The second kappa shape index (κ2) is 14.8. The van der Waals surface area contributed by atoms with Crippen LogP contribution in [-0.2, 0) is 14.4 Å². The van der Waals surface area contributed by atoms with E-state index in [9.17, 15) is 31.1 Å². The zero-order chi connectivity index (χ0) is 31.7. The number of alkyl halides is 6. The van der Waals surface area contributed by atoms with Gasteiger partial charge in [-0.3, -0.25) is 9.78 Å². The van der Waals surface area contributed by atoms with E-state index in [1.165, 1.54) is 5.39 Å². The lowest BCUT2D eigenvalue weighted by atomic mass is 10.0. The van der Waals surface area contributed by atoms with Crippen molar-refractivity contribution in [3.8, 4) is 0 Å². The third-order valence-corrected chi connectivity index (χ3v) is 6.33. The molecule has 0 bridgehead atoms. The van der Waals surface area contributed by atoms with Crippen LogP contribution >= 0.6 is 15.9 Å². The van der Waals surface area contributed by atoms with Crippen molar-refractivity contribution in [1.29, 1.82) is 0 Å². The van der Waals surface area contributed by atoms with Gasteiger partial charge in [-0.1, -0.05) is 34.1 Å². The van der Waals surface area contributed by atoms with E-state index in [1.807, 2.05) is 47.6 Å². The molecule has 16 heteroatoms. The molecular weight excluding hydrogens is 642 g/mol. The fourth-order valence-corrected chi connectivity index (χ4v) is 3.93. The second-order valence-electron chi connectivity index (χ2n) is 8.82. The summed E-state index contributed by atoms with van der Waals surface area (Å²) in [5, 5.41) is 20.2. The second-order valence-corrected chi connectivity index (χ2v) is 9.73. The molecule has 1 aromatic heterocycles. The van der Waals surface area contributed by atoms with Gasteiger partial charge < -0.3 is 26.2 Å². The number of halogens is 7. The van der Waals surface area contributed by atoms with Crippen LogP contribution in [0.2, 0.25) is 0 Å². The zero-order valence-corrected chi connectivity index (χ0v) is 23.1. The van der Waals surface area contributed by atoms with Crippen molar-refractivity contribution in [3.63, 3.8) is 0 Å². The number of nitrogens with two attached hydrogens (primary N) is 1. The first kappa shape index (κ1) is 34.3. The number of carboxylic acid groups (broad SMARTS) is 2. The van der Waals surface area contributed by atoms with Gasteiger partial charge >= 0.3 is 24.3 Å². The smallest absolute Gasteiger partial charge is 0.475 e. The minimum Gasteiger partial charge on any atom is -0.475 e. The van der Waals surface area contributed by atoms with Gasteiger partial charge in [0, 0.05) is 47.1 Å². The Hall–Kier alpha value is -3.92. The van der Waals surface area contributed by atoms with Crippen LogP contribution in [0.25, 0.3) is 10.8 Å². The number of hydrogen-bond acceptors (Lipinski definition) is 6. The normalized spacial score (nSPS) is 14.5. The van der Waals surface area contributed by atoms with Gasteiger partial charge in [-0.25, -0.2) is 9.59 Å². The first-order chi connectivity index (χ1) is 19.5. The molecule has 5 N–H and O–H groups in total. The van der Waals surface area contributed by atoms with Crippen molar-refractivity contribution < 1.29 is 50.9 Å². The van der Waals surface area contributed by atoms with Crippen LogP contribution in [0.1, 0.15) is 24.4 Å². The van der Waals surface area contributed by atoms with E-state index >= 15 is 0 Å². The Bertz CT molecular complexity index is 1340. The third-order valence-electron chi connectivity index (χ3n) is 5.80. The summed E-state index contributed by atoms with van der Waals surface area (Å²) in [6.07, 6.45) is -4.66. The molecule has 2 heterocycles. The molecule has 0 radical (unpaired) electrons. The van der Waals surface area contributed by atoms with Crippen LogP contribution in [0.3, 0.4) is 0 Å². The number of carboxylic acids is 2. The highest BCUT2D eigenvalue weighted by Gasteiger charge is 2.38. The Morgan fingerprint density at radius 1 is 0.905 bits per heavy atom. The number of anilines is 1. The van der Waals surface area contributed by atoms with E-state index in [-0.39, 0.29) is 5.91 Å². The van der Waals surface area contributed by atoms with Crippen LogP contribution in [0.4, 0.5) is 32.0 Å². The molecule has 1 saturated heterocycles. The average Bonchev–Trinajstić information content (AvgIpc) is 2.93. The summed E-state index contributed by atoms with van der Waals surface area (Å²) in [4.78, 5) is 36.6. The Morgan fingerprint density at radius 2 is 1.43 bits per heavy atom. The molecule has 0 saturated carbocycles. The highest BCUT2D eigenvalue weighted by Crippen LogP contribution is 2.23. The molecule has 0 spiro atoms. The number of amides is 1. The molecule has 1 atom stereocenters.